The molecule has 5 heteroatoms. The van der Waals surface area contributed by atoms with Crippen LogP contribution in [0.4, 0.5) is 5.82 Å². The summed E-state index contributed by atoms with van der Waals surface area (Å²) in [4.78, 5) is 7.89. The first-order chi connectivity index (χ1) is 8.27. The maximum absolute atomic E-state index is 6.03. The quantitative estimate of drug-likeness (QED) is 0.589. The third-order valence-electron chi connectivity index (χ3n) is 2.93. The van der Waals surface area contributed by atoms with E-state index in [1.165, 1.54) is 19.3 Å². The first kappa shape index (κ1) is 12.7. The normalized spacial score (nSPS) is 11.2. The highest BCUT2D eigenvalue weighted by Gasteiger charge is 2.15. The van der Waals surface area contributed by atoms with E-state index in [0.717, 1.165) is 23.0 Å². The van der Waals surface area contributed by atoms with E-state index >= 15 is 0 Å². The number of thiazole rings is 1. The maximum atomic E-state index is 6.03. The zero-order valence-corrected chi connectivity index (χ0v) is 11.9. The van der Waals surface area contributed by atoms with Crippen LogP contribution in [0.25, 0.3) is 4.96 Å². The fourth-order valence-electron chi connectivity index (χ4n) is 1.96. The predicted octanol–water partition coefficient (Wildman–Crippen LogP) is 3.76. The maximum Gasteiger partial charge on any atom is 0.195 e. The Labute approximate surface area is 111 Å². The summed E-state index contributed by atoms with van der Waals surface area (Å²) in [5, 5.41) is 2.04. The summed E-state index contributed by atoms with van der Waals surface area (Å²) in [6.07, 6.45) is 5.76. The molecule has 0 fully saturated rings. The van der Waals surface area contributed by atoms with Gasteiger partial charge in [-0.2, -0.15) is 0 Å². The second-order valence-corrected chi connectivity index (χ2v) is 5.34. The molecule has 94 valence electrons. The molecule has 0 bridgehead atoms. The first-order valence-corrected chi connectivity index (χ1v) is 7.40. The molecule has 0 aromatic carbocycles. The first-order valence-electron chi connectivity index (χ1n) is 5.99. The van der Waals surface area contributed by atoms with Crippen LogP contribution in [0.1, 0.15) is 31.9 Å². The molecule has 2 rings (SSSR count). The number of fused-ring (bicyclic) bond motifs is 1. The van der Waals surface area contributed by atoms with Crippen molar-refractivity contribution >= 4 is 33.7 Å². The smallest absolute Gasteiger partial charge is 0.195 e. The monoisotopic (exact) mass is 271 g/mol. The molecule has 0 aliphatic rings. The van der Waals surface area contributed by atoms with Gasteiger partial charge in [0.25, 0.3) is 0 Å². The molecule has 0 radical (unpaired) electrons. The van der Waals surface area contributed by atoms with Gasteiger partial charge in [-0.15, -0.1) is 22.9 Å². The minimum absolute atomic E-state index is 0.505. The molecule has 3 nitrogen and oxygen atoms in total. The molecular formula is C12H18ClN3S. The zero-order chi connectivity index (χ0) is 12.3. The van der Waals surface area contributed by atoms with Crippen molar-refractivity contribution in [2.75, 3.05) is 18.5 Å². The van der Waals surface area contributed by atoms with Gasteiger partial charge in [0, 0.05) is 25.2 Å². The summed E-state index contributed by atoms with van der Waals surface area (Å²) in [6.45, 7) is 3.26. The lowest BCUT2D eigenvalue weighted by atomic mass is 10.2. The number of alkyl halides is 1. The molecule has 0 N–H and O–H groups in total. The lowest BCUT2D eigenvalue weighted by Gasteiger charge is -2.17. The molecule has 0 amide bonds. The Morgan fingerprint density at radius 1 is 1.47 bits per heavy atom. The number of nitrogens with zero attached hydrogens (tertiary/aromatic N) is 3. The number of unbranched alkanes of at least 4 members (excludes halogenated alkanes) is 2. The van der Waals surface area contributed by atoms with Crippen LogP contribution < -0.4 is 4.90 Å². The Bertz CT molecular complexity index is 477. The van der Waals surface area contributed by atoms with Gasteiger partial charge in [0.05, 0.1) is 11.6 Å². The molecule has 0 saturated heterocycles. The van der Waals surface area contributed by atoms with Crippen LogP contribution in [0.5, 0.6) is 0 Å². The molecule has 0 aliphatic heterocycles. The third-order valence-corrected chi connectivity index (χ3v) is 3.93. The number of rotatable bonds is 6. The molecule has 0 aliphatic carbocycles. The fourth-order valence-corrected chi connectivity index (χ4v) is 2.93. The lowest BCUT2D eigenvalue weighted by molar-refractivity contribution is 0.701. The highest BCUT2D eigenvalue weighted by atomic mass is 35.5. The van der Waals surface area contributed by atoms with Crippen LogP contribution in [-0.4, -0.2) is 23.0 Å². The summed E-state index contributed by atoms with van der Waals surface area (Å²) < 4.78 is 2.09. The van der Waals surface area contributed by atoms with Crippen molar-refractivity contribution < 1.29 is 0 Å². The van der Waals surface area contributed by atoms with E-state index in [1.807, 2.05) is 11.6 Å². The Morgan fingerprint density at radius 2 is 2.29 bits per heavy atom. The molecule has 0 atom stereocenters. The van der Waals surface area contributed by atoms with Crippen LogP contribution in [-0.2, 0) is 5.88 Å². The number of aromatic nitrogens is 2. The lowest BCUT2D eigenvalue weighted by Crippen LogP contribution is -2.20. The van der Waals surface area contributed by atoms with Gasteiger partial charge in [-0.1, -0.05) is 19.8 Å². The van der Waals surface area contributed by atoms with Crippen LogP contribution >= 0.6 is 22.9 Å². The van der Waals surface area contributed by atoms with E-state index in [2.05, 4.69) is 28.3 Å². The molecule has 17 heavy (non-hydrogen) atoms. The molecule has 2 aromatic heterocycles. The third kappa shape index (κ3) is 2.58. The van der Waals surface area contributed by atoms with Gasteiger partial charge < -0.3 is 4.90 Å². The summed E-state index contributed by atoms with van der Waals surface area (Å²) >= 11 is 7.68. The van der Waals surface area contributed by atoms with Gasteiger partial charge >= 0.3 is 0 Å². The van der Waals surface area contributed by atoms with Gasteiger partial charge in [-0.25, -0.2) is 4.98 Å². The van der Waals surface area contributed by atoms with E-state index < -0.39 is 0 Å². The summed E-state index contributed by atoms with van der Waals surface area (Å²) in [5.74, 6) is 1.54. The number of halogens is 1. The van der Waals surface area contributed by atoms with Crippen molar-refractivity contribution in [3.63, 3.8) is 0 Å². The average Bonchev–Trinajstić information content (AvgIpc) is 2.88. The van der Waals surface area contributed by atoms with Crippen molar-refractivity contribution in [1.82, 2.24) is 9.38 Å². The minimum atomic E-state index is 0.505. The van der Waals surface area contributed by atoms with Gasteiger partial charge in [0.15, 0.2) is 10.8 Å². The van der Waals surface area contributed by atoms with Crippen LogP contribution in [0.3, 0.4) is 0 Å². The molecule has 2 heterocycles. The van der Waals surface area contributed by atoms with Crippen LogP contribution in [0, 0.1) is 0 Å². The standard InChI is InChI=1S/C12H18ClN3S/c1-3-4-5-6-15(2)11-10(9-13)16-7-8-17-12(16)14-11/h7-8H,3-6,9H2,1-2H3. The Kier molecular flexibility index (Phi) is 4.29. The largest absolute Gasteiger partial charge is 0.358 e. The summed E-state index contributed by atoms with van der Waals surface area (Å²) in [5.41, 5.74) is 1.10. The van der Waals surface area contributed by atoms with Gasteiger partial charge in [-0.3, -0.25) is 4.40 Å². The summed E-state index contributed by atoms with van der Waals surface area (Å²) in [6, 6.07) is 0. The number of anilines is 1. The SMILES string of the molecule is CCCCCN(C)c1nc2sccn2c1CCl. The Hall–Kier alpha value is -0.740. The topological polar surface area (TPSA) is 20.5 Å². The predicted molar refractivity (Wildman–Crippen MR) is 75.4 cm³/mol. The minimum Gasteiger partial charge on any atom is -0.358 e. The van der Waals surface area contributed by atoms with Crippen molar-refractivity contribution in [3.8, 4) is 0 Å². The molecule has 0 unspecified atom stereocenters. The highest BCUT2D eigenvalue weighted by Crippen LogP contribution is 2.25. The Balaban J connectivity index is 2.18. The molecular weight excluding hydrogens is 254 g/mol. The summed E-state index contributed by atoms with van der Waals surface area (Å²) in [7, 11) is 2.10. The van der Waals surface area contributed by atoms with E-state index in [-0.39, 0.29) is 0 Å². The van der Waals surface area contributed by atoms with E-state index in [4.69, 9.17) is 11.6 Å². The van der Waals surface area contributed by atoms with Crippen LogP contribution in [0.2, 0.25) is 0 Å². The van der Waals surface area contributed by atoms with Crippen LogP contribution in [0.15, 0.2) is 11.6 Å². The van der Waals surface area contributed by atoms with Crippen molar-refractivity contribution in [2.45, 2.75) is 32.1 Å². The number of hydrogen-bond acceptors (Lipinski definition) is 3. The molecule has 0 spiro atoms. The zero-order valence-electron chi connectivity index (χ0n) is 10.3. The van der Waals surface area contributed by atoms with E-state index in [1.54, 1.807) is 11.3 Å². The van der Waals surface area contributed by atoms with Crippen molar-refractivity contribution in [1.29, 1.82) is 0 Å². The van der Waals surface area contributed by atoms with Crippen molar-refractivity contribution in [2.24, 2.45) is 0 Å². The fraction of sp³-hybridized carbons (Fsp3) is 0.583. The highest BCUT2D eigenvalue weighted by molar-refractivity contribution is 7.15. The molecule has 0 saturated carbocycles. The second kappa shape index (κ2) is 5.74. The van der Waals surface area contributed by atoms with E-state index in [0.29, 0.717) is 5.88 Å². The Morgan fingerprint density at radius 3 is 3.00 bits per heavy atom. The number of imidazole rings is 1. The van der Waals surface area contributed by atoms with Gasteiger partial charge in [0.1, 0.15) is 0 Å². The molecule has 2 aromatic rings. The average molecular weight is 272 g/mol. The van der Waals surface area contributed by atoms with Gasteiger partial charge in [-0.05, 0) is 6.42 Å². The van der Waals surface area contributed by atoms with Crippen molar-refractivity contribution in [3.05, 3.63) is 17.3 Å². The van der Waals surface area contributed by atoms with E-state index in [9.17, 15) is 0 Å². The van der Waals surface area contributed by atoms with Gasteiger partial charge in [0.2, 0.25) is 0 Å². The number of hydrogen-bond donors (Lipinski definition) is 0. The second-order valence-electron chi connectivity index (χ2n) is 4.20.